The molecule has 0 unspecified atom stereocenters. The molecule has 1 aliphatic carbocycles. The molecular formula is C24H23N3O2. The summed E-state index contributed by atoms with van der Waals surface area (Å²) in [5, 5.41) is 7.47. The van der Waals surface area contributed by atoms with E-state index in [0.717, 1.165) is 41.8 Å². The summed E-state index contributed by atoms with van der Waals surface area (Å²) in [6.45, 7) is 1.41. The van der Waals surface area contributed by atoms with Crippen molar-refractivity contribution >= 4 is 11.7 Å². The number of carbonyl (C=O) groups excluding carboxylic acids is 2. The Kier molecular flexibility index (Phi) is 4.51. The number of H-pyrrole nitrogens is 1. The molecule has 5 nitrogen and oxygen atoms in total. The number of hydrogen-bond acceptors (Lipinski definition) is 3. The molecule has 1 N–H and O–H groups in total. The highest BCUT2D eigenvalue weighted by Crippen LogP contribution is 2.37. The van der Waals surface area contributed by atoms with E-state index >= 15 is 0 Å². The second-order valence-corrected chi connectivity index (χ2v) is 7.95. The fourth-order valence-electron chi connectivity index (χ4n) is 4.77. The number of ketones is 1. The van der Waals surface area contributed by atoms with Crippen molar-refractivity contribution in [3.63, 3.8) is 0 Å². The molecule has 29 heavy (non-hydrogen) atoms. The van der Waals surface area contributed by atoms with Crippen molar-refractivity contribution in [3.05, 3.63) is 77.6 Å². The molecule has 0 spiro atoms. The van der Waals surface area contributed by atoms with Crippen LogP contribution in [0.3, 0.4) is 0 Å². The Balaban J connectivity index is 1.38. The van der Waals surface area contributed by atoms with Crippen molar-refractivity contribution in [1.82, 2.24) is 15.1 Å². The molecule has 5 heteroatoms. The number of Topliss-reactive ketones (excluding diaryl/α,β-unsaturated/α-hetero) is 1. The fourth-order valence-corrected chi connectivity index (χ4v) is 4.77. The summed E-state index contributed by atoms with van der Waals surface area (Å²) in [4.78, 5) is 27.6. The molecule has 1 amide bonds. The van der Waals surface area contributed by atoms with Crippen LogP contribution in [-0.4, -0.2) is 39.9 Å². The molecule has 0 bridgehead atoms. The van der Waals surface area contributed by atoms with Crippen LogP contribution in [0.4, 0.5) is 0 Å². The first-order chi connectivity index (χ1) is 14.2. The molecule has 2 heterocycles. The van der Waals surface area contributed by atoms with Gasteiger partial charge in [-0.25, -0.2) is 0 Å². The summed E-state index contributed by atoms with van der Waals surface area (Å²) in [7, 11) is 0. The van der Waals surface area contributed by atoms with Gasteiger partial charge in [0, 0.05) is 42.2 Å². The van der Waals surface area contributed by atoms with Gasteiger partial charge in [-0.15, -0.1) is 0 Å². The van der Waals surface area contributed by atoms with Crippen molar-refractivity contribution in [1.29, 1.82) is 0 Å². The SMILES string of the molecule is O=C1C[C@@H](C(=O)N2CCC[C@H](c3[nH]ncc3-c3ccccc3)C2)c2ccccc21. The lowest BCUT2D eigenvalue weighted by atomic mass is 9.89. The van der Waals surface area contributed by atoms with Crippen LogP contribution in [0.2, 0.25) is 0 Å². The average Bonchev–Trinajstić information content (AvgIpc) is 3.39. The highest BCUT2D eigenvalue weighted by Gasteiger charge is 2.38. The van der Waals surface area contributed by atoms with Gasteiger partial charge in [0.15, 0.2) is 5.78 Å². The van der Waals surface area contributed by atoms with Crippen molar-refractivity contribution in [2.24, 2.45) is 0 Å². The van der Waals surface area contributed by atoms with Gasteiger partial charge >= 0.3 is 0 Å². The Labute approximate surface area is 169 Å². The summed E-state index contributed by atoms with van der Waals surface area (Å²) in [5.41, 5.74) is 4.92. The van der Waals surface area contributed by atoms with Gasteiger partial charge in [-0.3, -0.25) is 14.7 Å². The molecule has 1 saturated heterocycles. The summed E-state index contributed by atoms with van der Waals surface area (Å²) in [5.74, 6) is 0.0341. The number of nitrogens with one attached hydrogen (secondary N) is 1. The molecule has 2 aromatic carbocycles. The van der Waals surface area contributed by atoms with E-state index < -0.39 is 0 Å². The van der Waals surface area contributed by atoms with Crippen LogP contribution in [0.15, 0.2) is 60.8 Å². The van der Waals surface area contributed by atoms with Gasteiger partial charge < -0.3 is 4.90 Å². The predicted molar refractivity (Wildman–Crippen MR) is 111 cm³/mol. The Morgan fingerprint density at radius 3 is 2.69 bits per heavy atom. The molecule has 146 valence electrons. The molecule has 1 aliphatic heterocycles. The zero-order chi connectivity index (χ0) is 19.8. The van der Waals surface area contributed by atoms with Gasteiger partial charge in [0.05, 0.1) is 12.1 Å². The van der Waals surface area contributed by atoms with Crippen molar-refractivity contribution in [2.75, 3.05) is 13.1 Å². The van der Waals surface area contributed by atoms with Gasteiger partial charge in [0.2, 0.25) is 5.91 Å². The lowest BCUT2D eigenvalue weighted by Gasteiger charge is -2.34. The van der Waals surface area contributed by atoms with Crippen molar-refractivity contribution in [3.8, 4) is 11.1 Å². The van der Waals surface area contributed by atoms with Crippen LogP contribution < -0.4 is 0 Å². The number of rotatable bonds is 3. The highest BCUT2D eigenvalue weighted by atomic mass is 16.2. The topological polar surface area (TPSA) is 66.1 Å². The molecule has 5 rings (SSSR count). The zero-order valence-corrected chi connectivity index (χ0v) is 16.2. The van der Waals surface area contributed by atoms with Gasteiger partial charge in [0.25, 0.3) is 0 Å². The molecule has 1 aromatic heterocycles. The number of hydrogen-bond donors (Lipinski definition) is 1. The summed E-state index contributed by atoms with van der Waals surface area (Å²) in [6.07, 6.45) is 4.13. The van der Waals surface area contributed by atoms with E-state index in [1.165, 1.54) is 0 Å². The van der Waals surface area contributed by atoms with Crippen LogP contribution in [0, 0.1) is 0 Å². The Morgan fingerprint density at radius 2 is 1.83 bits per heavy atom. The highest BCUT2D eigenvalue weighted by molar-refractivity contribution is 6.06. The Morgan fingerprint density at radius 1 is 1.03 bits per heavy atom. The van der Waals surface area contributed by atoms with E-state index in [1.54, 1.807) is 0 Å². The van der Waals surface area contributed by atoms with E-state index in [9.17, 15) is 9.59 Å². The molecule has 3 aromatic rings. The minimum absolute atomic E-state index is 0.0763. The monoisotopic (exact) mass is 385 g/mol. The van der Waals surface area contributed by atoms with Gasteiger partial charge in [-0.2, -0.15) is 5.10 Å². The number of likely N-dealkylation sites (tertiary alicyclic amines) is 1. The van der Waals surface area contributed by atoms with Gasteiger partial charge in [-0.1, -0.05) is 54.6 Å². The number of carbonyl (C=O) groups is 2. The predicted octanol–water partition coefficient (Wildman–Crippen LogP) is 4.15. The lowest BCUT2D eigenvalue weighted by Crippen LogP contribution is -2.41. The normalized spacial score (nSPS) is 21.2. The fraction of sp³-hybridized carbons (Fsp3) is 0.292. The summed E-state index contributed by atoms with van der Waals surface area (Å²) >= 11 is 0. The van der Waals surface area contributed by atoms with Gasteiger partial charge in [-0.05, 0) is 24.0 Å². The minimum atomic E-state index is -0.340. The van der Waals surface area contributed by atoms with E-state index in [-0.39, 0.29) is 23.5 Å². The number of benzene rings is 2. The number of fused-ring (bicyclic) bond motifs is 1. The van der Waals surface area contributed by atoms with E-state index in [4.69, 9.17) is 0 Å². The molecule has 0 saturated carbocycles. The maximum absolute atomic E-state index is 13.3. The van der Waals surface area contributed by atoms with Crippen molar-refractivity contribution in [2.45, 2.75) is 31.1 Å². The van der Waals surface area contributed by atoms with Crippen LogP contribution in [-0.2, 0) is 4.79 Å². The first-order valence-electron chi connectivity index (χ1n) is 10.2. The summed E-state index contributed by atoms with van der Waals surface area (Å²) < 4.78 is 0. The molecule has 0 radical (unpaired) electrons. The third-order valence-electron chi connectivity index (χ3n) is 6.22. The van der Waals surface area contributed by atoms with E-state index in [2.05, 4.69) is 22.3 Å². The smallest absolute Gasteiger partial charge is 0.230 e. The zero-order valence-electron chi connectivity index (χ0n) is 16.2. The summed E-state index contributed by atoms with van der Waals surface area (Å²) in [6, 6.07) is 17.8. The minimum Gasteiger partial charge on any atom is -0.341 e. The van der Waals surface area contributed by atoms with Crippen LogP contribution in [0.1, 0.15) is 52.7 Å². The largest absolute Gasteiger partial charge is 0.341 e. The second kappa shape index (κ2) is 7.32. The number of nitrogens with zero attached hydrogens (tertiary/aromatic N) is 2. The molecule has 2 aliphatic rings. The standard InChI is InChI=1S/C24H23N3O2/c28-22-13-20(18-10-4-5-11-19(18)22)24(29)27-12-6-9-17(15-27)23-21(14-25-26-23)16-7-2-1-3-8-16/h1-5,7-8,10-11,14,17,20H,6,9,12-13,15H2,(H,25,26)/t17-,20+/m0/s1. The number of aromatic amines is 1. The Bertz CT molecular complexity index is 1060. The lowest BCUT2D eigenvalue weighted by molar-refractivity contribution is -0.133. The van der Waals surface area contributed by atoms with Crippen molar-refractivity contribution < 1.29 is 9.59 Å². The molecule has 1 fully saturated rings. The molecule has 2 atom stereocenters. The maximum Gasteiger partial charge on any atom is 0.230 e. The number of amides is 1. The second-order valence-electron chi connectivity index (χ2n) is 7.95. The van der Waals surface area contributed by atoms with Crippen LogP contribution >= 0.6 is 0 Å². The quantitative estimate of drug-likeness (QED) is 0.736. The number of piperidine rings is 1. The van der Waals surface area contributed by atoms with Crippen LogP contribution in [0.5, 0.6) is 0 Å². The van der Waals surface area contributed by atoms with Gasteiger partial charge in [0.1, 0.15) is 0 Å². The first kappa shape index (κ1) is 17.9. The number of aromatic nitrogens is 2. The Hall–Kier alpha value is -3.21. The average molecular weight is 385 g/mol. The third kappa shape index (κ3) is 3.16. The first-order valence-corrected chi connectivity index (χ1v) is 10.2. The maximum atomic E-state index is 13.3. The van der Waals surface area contributed by atoms with E-state index in [0.29, 0.717) is 18.5 Å². The van der Waals surface area contributed by atoms with E-state index in [1.807, 2.05) is 53.6 Å². The third-order valence-corrected chi connectivity index (χ3v) is 6.22. The molecular weight excluding hydrogens is 362 g/mol. The van der Waals surface area contributed by atoms with Crippen LogP contribution in [0.25, 0.3) is 11.1 Å².